The molecule has 4 aromatic rings. The number of hydrogen-bond donors (Lipinski definition) is 0. The van der Waals surface area contributed by atoms with Gasteiger partial charge in [-0.2, -0.15) is 9.94 Å². The van der Waals surface area contributed by atoms with E-state index in [1.54, 1.807) is 18.3 Å². The van der Waals surface area contributed by atoms with E-state index < -0.39 is 5.91 Å². The van der Waals surface area contributed by atoms with E-state index in [1.807, 2.05) is 18.2 Å². The van der Waals surface area contributed by atoms with Gasteiger partial charge in [0.25, 0.3) is 5.91 Å². The Morgan fingerprint density at radius 3 is 2.12 bits per heavy atom. The van der Waals surface area contributed by atoms with Crippen LogP contribution in [0.2, 0.25) is 0 Å². The van der Waals surface area contributed by atoms with Crippen molar-refractivity contribution >= 4 is 33.1 Å². The normalized spacial score (nSPS) is 14.8. The molecule has 2 unspecified atom stereocenters. The first-order chi connectivity index (χ1) is 24.8. The Balaban J connectivity index is 1.62. The van der Waals surface area contributed by atoms with Gasteiger partial charge in [-0.15, -0.1) is 5.10 Å². The van der Waals surface area contributed by atoms with E-state index in [0.717, 1.165) is 53.7 Å². The third kappa shape index (κ3) is 9.28. The molecule has 0 bridgehead atoms. The Morgan fingerprint density at radius 1 is 0.882 bits per heavy atom. The van der Waals surface area contributed by atoms with Crippen molar-refractivity contribution in [3.8, 4) is 17.3 Å². The topological polar surface area (TPSA) is 100 Å². The molecule has 268 valence electrons. The van der Waals surface area contributed by atoms with Crippen LogP contribution < -0.4 is 4.90 Å². The highest BCUT2D eigenvalue weighted by molar-refractivity contribution is 7.19. The minimum atomic E-state index is -0.465. The molecule has 0 amide bonds. The Kier molecular flexibility index (Phi) is 13.5. The zero-order valence-electron chi connectivity index (χ0n) is 31.3. The average Bonchev–Trinajstić information content (AvgIpc) is 3.78. The summed E-state index contributed by atoms with van der Waals surface area (Å²) >= 11 is 1.59. The van der Waals surface area contributed by atoms with Gasteiger partial charge in [0.2, 0.25) is 0 Å². The van der Waals surface area contributed by atoms with Crippen molar-refractivity contribution in [2.24, 2.45) is 16.8 Å². The molecule has 0 N–H and O–H groups in total. The van der Waals surface area contributed by atoms with Crippen LogP contribution in [0.4, 0.5) is 10.1 Å². The highest BCUT2D eigenvalue weighted by Crippen LogP contribution is 2.42. The fourth-order valence-corrected chi connectivity index (χ4v) is 7.66. The Labute approximate surface area is 308 Å². The van der Waals surface area contributed by atoms with Crippen LogP contribution in [0.15, 0.2) is 70.7 Å². The van der Waals surface area contributed by atoms with Crippen molar-refractivity contribution < 1.29 is 4.79 Å². The van der Waals surface area contributed by atoms with Gasteiger partial charge in [0.1, 0.15) is 28.0 Å². The van der Waals surface area contributed by atoms with Crippen LogP contribution in [0, 0.1) is 30.1 Å². The number of unbranched alkanes of at least 4 members (excludes halogenated alkanes) is 2. The van der Waals surface area contributed by atoms with Crippen molar-refractivity contribution in [2.75, 3.05) is 18.0 Å². The number of hydrogen-bond acceptors (Lipinski definition) is 8. The number of rotatable bonds is 18. The standard InChI is InChI=1S/C42H53N7OS/c1-7-11-16-31(9-3)27-48(28-32(10-4)17-12-8-2)42-46-38(34-23-20-29(5)21-24-34)40(51-42)45-37-30(6)35(26-43)41(50)49-39(37)44-36(47-49)25-22-33-18-14-13-15-19-33/h13-15,18-21,23-24,31-32H,7-12,16-17,22,25,27-28H2,1-6H3/b45-37-. The molecule has 2 aromatic carbocycles. The molecule has 0 saturated heterocycles. The molecule has 0 aliphatic carbocycles. The molecule has 0 spiro atoms. The van der Waals surface area contributed by atoms with E-state index in [0.29, 0.717) is 41.2 Å². The van der Waals surface area contributed by atoms with Crippen LogP contribution >= 0.6 is 11.3 Å². The summed E-state index contributed by atoms with van der Waals surface area (Å²) in [6, 6.07) is 20.7. The molecule has 2 atom stereocenters. The predicted octanol–water partition coefficient (Wildman–Crippen LogP) is 10.3. The van der Waals surface area contributed by atoms with E-state index in [2.05, 4.69) is 87.1 Å². The number of aryl methyl sites for hydroxylation is 3. The summed E-state index contributed by atoms with van der Waals surface area (Å²) in [7, 11) is 0. The molecule has 5 rings (SSSR count). The van der Waals surface area contributed by atoms with Crippen molar-refractivity contribution in [1.29, 1.82) is 5.26 Å². The maximum absolute atomic E-state index is 13.5. The van der Waals surface area contributed by atoms with E-state index >= 15 is 0 Å². The summed E-state index contributed by atoms with van der Waals surface area (Å²) < 4.78 is 1.27. The smallest absolute Gasteiger partial charge is 0.291 e. The van der Waals surface area contributed by atoms with Crippen molar-refractivity contribution in [2.45, 2.75) is 106 Å². The zero-order valence-corrected chi connectivity index (χ0v) is 32.1. The summed E-state index contributed by atoms with van der Waals surface area (Å²) in [4.78, 5) is 31.5. The number of benzene rings is 2. The molecule has 2 aromatic heterocycles. The third-order valence-corrected chi connectivity index (χ3v) is 11.1. The van der Waals surface area contributed by atoms with Crippen LogP contribution in [-0.2, 0) is 12.8 Å². The Hall–Kier alpha value is -4.42. The molecule has 3 heterocycles. The fraction of sp³-hybridized carbons (Fsp3) is 0.476. The molecule has 51 heavy (non-hydrogen) atoms. The summed E-state index contributed by atoms with van der Waals surface area (Å²) in [5, 5.41) is 16.4. The second-order valence-corrected chi connectivity index (χ2v) is 14.8. The number of carbonyl (C=O) groups excluding carboxylic acids is 1. The summed E-state index contributed by atoms with van der Waals surface area (Å²) in [6.45, 7) is 14.9. The SMILES string of the molecule is CCCCC(CC)CN(CC(CC)CCCC)c1nc(-c2ccc(C)cc2)c(/N=C2/C(C)=C(C#N)C(=O)n3nc(CCc4ccccc4)nc32)s1. The second kappa shape index (κ2) is 18.2. The van der Waals surface area contributed by atoms with E-state index in [-0.39, 0.29) is 5.57 Å². The second-order valence-electron chi connectivity index (χ2n) is 13.9. The maximum Gasteiger partial charge on any atom is 0.291 e. The molecule has 0 fully saturated rings. The lowest BCUT2D eigenvalue weighted by molar-refractivity contribution is 0.0941. The minimum absolute atomic E-state index is 0.0347. The van der Waals surface area contributed by atoms with E-state index in [1.165, 1.54) is 54.3 Å². The lowest BCUT2D eigenvalue weighted by Gasteiger charge is -2.30. The number of aromatic nitrogens is 4. The van der Waals surface area contributed by atoms with Gasteiger partial charge in [0, 0.05) is 30.6 Å². The van der Waals surface area contributed by atoms with Crippen LogP contribution in [0.25, 0.3) is 11.3 Å². The van der Waals surface area contributed by atoms with Crippen LogP contribution in [0.1, 0.15) is 114 Å². The minimum Gasteiger partial charge on any atom is -0.347 e. The van der Waals surface area contributed by atoms with Crippen molar-refractivity contribution in [3.63, 3.8) is 0 Å². The molecular weight excluding hydrogens is 651 g/mol. The maximum atomic E-state index is 13.5. The fourth-order valence-electron chi connectivity index (χ4n) is 6.68. The number of nitrogens with zero attached hydrogens (tertiary/aromatic N) is 7. The first-order valence-electron chi connectivity index (χ1n) is 18.9. The average molecular weight is 704 g/mol. The number of thiazole rings is 1. The first kappa shape index (κ1) is 37.8. The van der Waals surface area contributed by atoms with Gasteiger partial charge in [-0.3, -0.25) is 4.79 Å². The number of carbonyl (C=O) groups is 1. The lowest BCUT2D eigenvalue weighted by Crippen LogP contribution is -2.34. The van der Waals surface area contributed by atoms with Crippen molar-refractivity contribution in [1.82, 2.24) is 19.7 Å². The first-order valence-corrected chi connectivity index (χ1v) is 19.7. The van der Waals surface area contributed by atoms with Gasteiger partial charge >= 0.3 is 0 Å². The third-order valence-electron chi connectivity index (χ3n) is 10.0. The molecule has 8 nitrogen and oxygen atoms in total. The quantitative estimate of drug-likeness (QED) is 0.102. The molecule has 1 aliphatic heterocycles. The molecule has 0 saturated carbocycles. The highest BCUT2D eigenvalue weighted by Gasteiger charge is 2.33. The van der Waals surface area contributed by atoms with Gasteiger partial charge in [-0.1, -0.05) is 138 Å². The van der Waals surface area contributed by atoms with Crippen LogP contribution in [0.3, 0.4) is 0 Å². The predicted molar refractivity (Wildman–Crippen MR) is 210 cm³/mol. The lowest BCUT2D eigenvalue weighted by atomic mass is 9.96. The number of nitriles is 1. The summed E-state index contributed by atoms with van der Waals surface area (Å²) in [5.74, 6) is 1.61. The highest BCUT2D eigenvalue weighted by atomic mass is 32.1. The summed E-state index contributed by atoms with van der Waals surface area (Å²) in [6.07, 6.45) is 10.8. The Bertz CT molecular complexity index is 1840. The number of aliphatic imine (C=N–C) groups is 1. The van der Waals surface area contributed by atoms with Gasteiger partial charge in [0.05, 0.1) is 0 Å². The number of allylic oxidation sites excluding steroid dienone is 2. The van der Waals surface area contributed by atoms with Gasteiger partial charge in [-0.25, -0.2) is 15.0 Å². The van der Waals surface area contributed by atoms with Gasteiger partial charge in [-0.05, 0) is 50.5 Å². The van der Waals surface area contributed by atoms with Crippen molar-refractivity contribution in [3.05, 3.63) is 88.5 Å². The molecule has 1 aliphatic rings. The van der Waals surface area contributed by atoms with Crippen LogP contribution in [0.5, 0.6) is 0 Å². The Morgan fingerprint density at radius 2 is 1.53 bits per heavy atom. The van der Waals surface area contributed by atoms with Gasteiger partial charge < -0.3 is 4.90 Å². The zero-order chi connectivity index (χ0) is 36.3. The molecule has 0 radical (unpaired) electrons. The number of fused-ring (bicyclic) bond motifs is 1. The summed E-state index contributed by atoms with van der Waals surface area (Å²) in [5.41, 5.74) is 5.16. The van der Waals surface area contributed by atoms with E-state index in [4.69, 9.17) is 15.0 Å². The number of anilines is 1. The molecule has 9 heteroatoms. The largest absolute Gasteiger partial charge is 0.347 e. The van der Waals surface area contributed by atoms with E-state index in [9.17, 15) is 10.1 Å². The van der Waals surface area contributed by atoms with Gasteiger partial charge in [0.15, 0.2) is 16.8 Å². The van der Waals surface area contributed by atoms with Crippen LogP contribution in [-0.4, -0.2) is 44.5 Å². The monoisotopic (exact) mass is 703 g/mol. The molecular formula is C42H53N7OS.